The molecule has 0 aromatic carbocycles. The number of nitrogens with one attached hydrogen (secondary N) is 2. The minimum Gasteiger partial charge on any atom is -0.481 e. The SMILES string of the molecule is COc1ccc2c(n1)NC1(CCCC1)C(=O)N2. The molecule has 0 radical (unpaired) electrons. The molecule has 1 aromatic heterocycles. The molecule has 5 nitrogen and oxygen atoms in total. The van der Waals surface area contributed by atoms with Gasteiger partial charge in [0.05, 0.1) is 12.8 Å². The van der Waals surface area contributed by atoms with Crippen molar-refractivity contribution in [2.45, 2.75) is 31.2 Å². The van der Waals surface area contributed by atoms with Gasteiger partial charge in [-0.25, -0.2) is 0 Å². The molecule has 17 heavy (non-hydrogen) atoms. The number of carbonyl (C=O) groups excluding carboxylic acids is 1. The molecule has 2 N–H and O–H groups in total. The van der Waals surface area contributed by atoms with Gasteiger partial charge in [0.15, 0.2) is 5.82 Å². The van der Waals surface area contributed by atoms with Crippen molar-refractivity contribution in [3.63, 3.8) is 0 Å². The minimum absolute atomic E-state index is 0.0643. The van der Waals surface area contributed by atoms with E-state index in [-0.39, 0.29) is 5.91 Å². The fraction of sp³-hybridized carbons (Fsp3) is 0.500. The molecule has 1 fully saturated rings. The average molecular weight is 233 g/mol. The third-order valence-electron chi connectivity index (χ3n) is 3.58. The fourth-order valence-corrected chi connectivity index (χ4v) is 2.61. The molecule has 0 atom stereocenters. The quantitative estimate of drug-likeness (QED) is 0.776. The summed E-state index contributed by atoms with van der Waals surface area (Å²) in [5.74, 6) is 1.33. The summed E-state index contributed by atoms with van der Waals surface area (Å²) in [6, 6.07) is 3.56. The highest BCUT2D eigenvalue weighted by molar-refractivity contribution is 6.05. The van der Waals surface area contributed by atoms with Crippen molar-refractivity contribution in [2.24, 2.45) is 0 Å². The van der Waals surface area contributed by atoms with E-state index >= 15 is 0 Å². The predicted octanol–water partition coefficient (Wildman–Crippen LogP) is 1.77. The van der Waals surface area contributed by atoms with E-state index in [1.807, 2.05) is 6.07 Å². The summed E-state index contributed by atoms with van der Waals surface area (Å²) in [5, 5.41) is 6.22. The Labute approximate surface area is 99.6 Å². The van der Waals surface area contributed by atoms with Crippen molar-refractivity contribution in [1.82, 2.24) is 4.98 Å². The van der Waals surface area contributed by atoms with Crippen molar-refractivity contribution >= 4 is 17.4 Å². The minimum atomic E-state index is -0.452. The Kier molecular flexibility index (Phi) is 2.21. The second-order valence-corrected chi connectivity index (χ2v) is 4.62. The normalized spacial score (nSPS) is 20.6. The second kappa shape index (κ2) is 3.61. The Morgan fingerprint density at radius 3 is 2.82 bits per heavy atom. The number of pyridine rings is 1. The smallest absolute Gasteiger partial charge is 0.250 e. The third kappa shape index (κ3) is 1.53. The number of nitrogens with zero attached hydrogens (tertiary/aromatic N) is 1. The monoisotopic (exact) mass is 233 g/mol. The molecule has 1 amide bonds. The first kappa shape index (κ1) is 10.4. The summed E-state index contributed by atoms with van der Waals surface area (Å²) >= 11 is 0. The van der Waals surface area contributed by atoms with Gasteiger partial charge in [0.25, 0.3) is 0 Å². The maximum atomic E-state index is 12.1. The molecular formula is C12H15N3O2. The molecule has 1 aliphatic heterocycles. The van der Waals surface area contributed by atoms with E-state index in [2.05, 4.69) is 15.6 Å². The lowest BCUT2D eigenvalue weighted by atomic mass is 9.94. The van der Waals surface area contributed by atoms with Gasteiger partial charge in [0, 0.05) is 6.07 Å². The molecular weight excluding hydrogens is 218 g/mol. The number of hydrogen-bond acceptors (Lipinski definition) is 4. The molecule has 2 aliphatic rings. The van der Waals surface area contributed by atoms with Crippen molar-refractivity contribution in [3.8, 4) is 5.88 Å². The lowest BCUT2D eigenvalue weighted by Gasteiger charge is -2.34. The Morgan fingerprint density at radius 2 is 2.12 bits per heavy atom. The number of hydrogen-bond donors (Lipinski definition) is 2. The van der Waals surface area contributed by atoms with E-state index in [1.54, 1.807) is 13.2 Å². The number of methoxy groups -OCH3 is 1. The molecule has 1 spiro atoms. The molecule has 3 rings (SSSR count). The second-order valence-electron chi connectivity index (χ2n) is 4.62. The van der Waals surface area contributed by atoms with Crippen LogP contribution in [0.25, 0.3) is 0 Å². The number of rotatable bonds is 1. The van der Waals surface area contributed by atoms with Crippen LogP contribution >= 0.6 is 0 Å². The Hall–Kier alpha value is -1.78. The third-order valence-corrected chi connectivity index (χ3v) is 3.58. The first-order valence-corrected chi connectivity index (χ1v) is 5.88. The summed E-state index contributed by atoms with van der Waals surface area (Å²) in [6.07, 6.45) is 3.91. The van der Waals surface area contributed by atoms with Crippen LogP contribution in [0.15, 0.2) is 12.1 Å². The molecule has 0 unspecified atom stereocenters. The number of aromatic nitrogens is 1. The van der Waals surface area contributed by atoms with Crippen LogP contribution in [-0.4, -0.2) is 23.5 Å². The maximum Gasteiger partial charge on any atom is 0.250 e. The van der Waals surface area contributed by atoms with E-state index in [9.17, 15) is 4.79 Å². The van der Waals surface area contributed by atoms with Gasteiger partial charge >= 0.3 is 0 Å². The van der Waals surface area contributed by atoms with E-state index in [1.165, 1.54) is 0 Å². The highest BCUT2D eigenvalue weighted by atomic mass is 16.5. The van der Waals surface area contributed by atoms with E-state index in [0.717, 1.165) is 31.4 Å². The standard InChI is InChI=1S/C12H15N3O2/c1-17-9-5-4-8-10(14-9)15-12(11(16)13-8)6-2-3-7-12/h4-5H,2-3,6-7H2,1H3,(H,13,16)(H,14,15). The molecule has 2 heterocycles. The maximum absolute atomic E-state index is 12.1. The van der Waals surface area contributed by atoms with Gasteiger partial charge < -0.3 is 15.4 Å². The number of fused-ring (bicyclic) bond motifs is 1. The zero-order valence-corrected chi connectivity index (χ0v) is 9.75. The van der Waals surface area contributed by atoms with Crippen molar-refractivity contribution in [2.75, 3.05) is 17.7 Å². The van der Waals surface area contributed by atoms with Gasteiger partial charge in [-0.15, -0.1) is 0 Å². The van der Waals surface area contributed by atoms with Gasteiger partial charge in [0.1, 0.15) is 5.54 Å². The summed E-state index contributed by atoms with van der Waals surface area (Å²) in [6.45, 7) is 0. The van der Waals surface area contributed by atoms with Crippen LogP contribution in [-0.2, 0) is 4.79 Å². The Morgan fingerprint density at radius 1 is 1.35 bits per heavy atom. The molecule has 0 bridgehead atoms. The Bertz CT molecular complexity index is 467. The first-order valence-electron chi connectivity index (χ1n) is 5.88. The van der Waals surface area contributed by atoms with E-state index < -0.39 is 5.54 Å². The van der Waals surface area contributed by atoms with Crippen LogP contribution in [0.5, 0.6) is 5.88 Å². The van der Waals surface area contributed by atoms with E-state index in [4.69, 9.17) is 4.74 Å². The summed E-state index contributed by atoms with van der Waals surface area (Å²) in [4.78, 5) is 16.4. The summed E-state index contributed by atoms with van der Waals surface area (Å²) in [7, 11) is 1.58. The topological polar surface area (TPSA) is 63.2 Å². The van der Waals surface area contributed by atoms with Crippen molar-refractivity contribution in [1.29, 1.82) is 0 Å². The van der Waals surface area contributed by atoms with Gasteiger partial charge in [-0.2, -0.15) is 4.98 Å². The zero-order valence-electron chi connectivity index (χ0n) is 9.75. The lowest BCUT2D eigenvalue weighted by molar-refractivity contribution is -0.120. The van der Waals surface area contributed by atoms with Gasteiger partial charge in [-0.05, 0) is 18.9 Å². The largest absolute Gasteiger partial charge is 0.481 e. The number of anilines is 2. The fourth-order valence-electron chi connectivity index (χ4n) is 2.61. The molecule has 0 saturated heterocycles. The number of ether oxygens (including phenoxy) is 1. The Balaban J connectivity index is 1.99. The highest BCUT2D eigenvalue weighted by Gasteiger charge is 2.44. The van der Waals surface area contributed by atoms with Crippen LogP contribution in [0.2, 0.25) is 0 Å². The first-order chi connectivity index (χ1) is 8.23. The molecule has 1 saturated carbocycles. The summed E-state index contributed by atoms with van der Waals surface area (Å²) < 4.78 is 5.09. The molecule has 5 heteroatoms. The molecule has 1 aromatic rings. The van der Waals surface area contributed by atoms with Crippen LogP contribution < -0.4 is 15.4 Å². The molecule has 1 aliphatic carbocycles. The summed E-state index contributed by atoms with van der Waals surface area (Å²) in [5.41, 5.74) is 0.278. The van der Waals surface area contributed by atoms with Crippen LogP contribution in [0.1, 0.15) is 25.7 Å². The molecule has 90 valence electrons. The van der Waals surface area contributed by atoms with Gasteiger partial charge in [-0.3, -0.25) is 4.79 Å². The van der Waals surface area contributed by atoms with Crippen LogP contribution in [0.4, 0.5) is 11.5 Å². The van der Waals surface area contributed by atoms with Crippen LogP contribution in [0.3, 0.4) is 0 Å². The zero-order chi connectivity index (χ0) is 11.9. The average Bonchev–Trinajstić information content (AvgIpc) is 2.80. The van der Waals surface area contributed by atoms with Crippen molar-refractivity contribution < 1.29 is 9.53 Å². The highest BCUT2D eigenvalue weighted by Crippen LogP contribution is 2.39. The lowest BCUT2D eigenvalue weighted by Crippen LogP contribution is -2.50. The number of amides is 1. The predicted molar refractivity (Wildman–Crippen MR) is 64.2 cm³/mol. The van der Waals surface area contributed by atoms with Gasteiger partial charge in [0.2, 0.25) is 11.8 Å². The van der Waals surface area contributed by atoms with Gasteiger partial charge in [-0.1, -0.05) is 12.8 Å². The van der Waals surface area contributed by atoms with E-state index in [0.29, 0.717) is 11.7 Å². The number of carbonyl (C=O) groups is 1. The van der Waals surface area contributed by atoms with Crippen molar-refractivity contribution in [3.05, 3.63) is 12.1 Å². The van der Waals surface area contributed by atoms with Crippen LogP contribution in [0, 0.1) is 0 Å².